The van der Waals surface area contributed by atoms with Crippen molar-refractivity contribution in [3.05, 3.63) is 59.7 Å². The van der Waals surface area contributed by atoms with Crippen LogP contribution in [0.4, 0.5) is 0 Å². The van der Waals surface area contributed by atoms with Crippen LogP contribution in [0.2, 0.25) is 0 Å². The number of fused-ring (bicyclic) bond motifs is 1. The molecule has 6 heteroatoms. The van der Waals surface area contributed by atoms with Gasteiger partial charge in [0, 0.05) is 25.5 Å². The second-order valence-electron chi connectivity index (χ2n) is 4.88. The molecule has 0 fully saturated rings. The molecule has 3 aromatic rings. The van der Waals surface area contributed by atoms with Crippen molar-refractivity contribution in [2.75, 3.05) is 7.05 Å². The normalized spacial score (nSPS) is 10.8. The third-order valence-electron chi connectivity index (χ3n) is 3.23. The summed E-state index contributed by atoms with van der Waals surface area (Å²) in [5, 5.41) is 4.23. The zero-order valence-electron chi connectivity index (χ0n) is 11.9. The number of hydrogen-bond acceptors (Lipinski definition) is 4. The Morgan fingerprint density at radius 1 is 1.24 bits per heavy atom. The van der Waals surface area contributed by atoms with Gasteiger partial charge in [0.25, 0.3) is 11.7 Å². The maximum absolute atomic E-state index is 12.4. The lowest BCUT2D eigenvalue weighted by molar-refractivity contribution is 0.0773. The highest BCUT2D eigenvalue weighted by Crippen LogP contribution is 2.07. The number of hydrogen-bond donors (Lipinski definition) is 0. The molecule has 0 aliphatic heterocycles. The fourth-order valence-corrected chi connectivity index (χ4v) is 2.10. The zero-order valence-corrected chi connectivity index (χ0v) is 11.9. The maximum atomic E-state index is 12.4. The minimum atomic E-state index is -0.219. The van der Waals surface area contributed by atoms with E-state index in [9.17, 15) is 4.79 Å². The van der Waals surface area contributed by atoms with Crippen LogP contribution in [0.25, 0.3) is 5.78 Å². The molecule has 6 nitrogen and oxygen atoms in total. The third kappa shape index (κ3) is 2.60. The summed E-state index contributed by atoms with van der Waals surface area (Å²) in [6.07, 6.45) is 1.65. The number of aromatic nitrogens is 4. The Bertz CT molecular complexity index is 781. The number of aryl methyl sites for hydroxylation is 1. The predicted molar refractivity (Wildman–Crippen MR) is 77.8 cm³/mol. The Morgan fingerprint density at radius 3 is 2.71 bits per heavy atom. The highest BCUT2D eigenvalue weighted by Gasteiger charge is 2.18. The Balaban J connectivity index is 1.84. The number of rotatable bonds is 3. The van der Waals surface area contributed by atoms with Crippen molar-refractivity contribution >= 4 is 11.7 Å². The molecule has 0 N–H and O–H groups in total. The number of amides is 1. The summed E-state index contributed by atoms with van der Waals surface area (Å²) in [5.41, 5.74) is 1.95. The smallest absolute Gasteiger partial charge is 0.293 e. The van der Waals surface area contributed by atoms with Crippen molar-refractivity contribution in [3.63, 3.8) is 0 Å². The molecular formula is C15H15N5O. The average molecular weight is 281 g/mol. The number of nitrogens with zero attached hydrogens (tertiary/aromatic N) is 5. The second kappa shape index (κ2) is 5.32. The summed E-state index contributed by atoms with van der Waals surface area (Å²) < 4.78 is 1.57. The first-order chi connectivity index (χ1) is 10.1. The van der Waals surface area contributed by atoms with E-state index in [1.807, 2.05) is 43.3 Å². The molecule has 1 amide bonds. The molecule has 106 valence electrons. The van der Waals surface area contributed by atoms with Crippen molar-refractivity contribution in [2.24, 2.45) is 0 Å². The minimum absolute atomic E-state index is 0.162. The highest BCUT2D eigenvalue weighted by atomic mass is 16.2. The second-order valence-corrected chi connectivity index (χ2v) is 4.88. The summed E-state index contributed by atoms with van der Waals surface area (Å²) in [7, 11) is 1.74. The van der Waals surface area contributed by atoms with Crippen molar-refractivity contribution in [2.45, 2.75) is 13.5 Å². The molecular weight excluding hydrogens is 266 g/mol. The summed E-state index contributed by atoms with van der Waals surface area (Å²) >= 11 is 0. The van der Waals surface area contributed by atoms with Gasteiger partial charge in [-0.15, -0.1) is 5.10 Å². The largest absolute Gasteiger partial charge is 0.335 e. The summed E-state index contributed by atoms with van der Waals surface area (Å²) in [5.74, 6) is 0.380. The van der Waals surface area contributed by atoms with Crippen LogP contribution in [-0.4, -0.2) is 37.4 Å². The molecule has 3 rings (SSSR count). The van der Waals surface area contributed by atoms with Gasteiger partial charge in [0.1, 0.15) is 0 Å². The lowest BCUT2D eigenvalue weighted by Gasteiger charge is -2.14. The van der Waals surface area contributed by atoms with Crippen LogP contribution in [-0.2, 0) is 6.54 Å². The van der Waals surface area contributed by atoms with E-state index in [1.165, 1.54) is 0 Å². The van der Waals surface area contributed by atoms with Crippen LogP contribution in [0.1, 0.15) is 21.9 Å². The number of benzene rings is 1. The van der Waals surface area contributed by atoms with Crippen LogP contribution in [0.5, 0.6) is 0 Å². The molecule has 21 heavy (non-hydrogen) atoms. The molecule has 2 aromatic heterocycles. The quantitative estimate of drug-likeness (QED) is 0.733. The zero-order chi connectivity index (χ0) is 14.8. The molecule has 0 unspecified atom stereocenters. The van der Waals surface area contributed by atoms with E-state index in [0.29, 0.717) is 12.3 Å². The molecule has 0 bridgehead atoms. The lowest BCUT2D eigenvalue weighted by atomic mass is 10.2. The third-order valence-corrected chi connectivity index (χ3v) is 3.23. The van der Waals surface area contributed by atoms with Gasteiger partial charge < -0.3 is 4.90 Å². The topological polar surface area (TPSA) is 63.4 Å². The molecule has 0 saturated heterocycles. The predicted octanol–water partition coefficient (Wildman–Crippen LogP) is 1.70. The number of carbonyl (C=O) groups excluding carboxylic acids is 1. The SMILES string of the molecule is Cc1ccnc2nc(C(=O)N(C)Cc3ccccc3)nn12. The van der Waals surface area contributed by atoms with E-state index >= 15 is 0 Å². The summed E-state index contributed by atoms with van der Waals surface area (Å²) in [4.78, 5) is 22.3. The fraction of sp³-hybridized carbons (Fsp3) is 0.200. The van der Waals surface area contributed by atoms with Crippen molar-refractivity contribution in [3.8, 4) is 0 Å². The van der Waals surface area contributed by atoms with Crippen LogP contribution >= 0.6 is 0 Å². The van der Waals surface area contributed by atoms with Crippen LogP contribution in [0.3, 0.4) is 0 Å². The van der Waals surface area contributed by atoms with E-state index in [-0.39, 0.29) is 11.7 Å². The van der Waals surface area contributed by atoms with E-state index in [1.54, 1.807) is 22.7 Å². The van der Waals surface area contributed by atoms with Gasteiger partial charge in [-0.3, -0.25) is 4.79 Å². The highest BCUT2D eigenvalue weighted by molar-refractivity contribution is 5.90. The molecule has 1 aromatic carbocycles. The minimum Gasteiger partial charge on any atom is -0.335 e. The Labute approximate surface area is 122 Å². The molecule has 0 aliphatic rings. The van der Waals surface area contributed by atoms with Gasteiger partial charge in [-0.05, 0) is 18.6 Å². The fourth-order valence-electron chi connectivity index (χ4n) is 2.10. The van der Waals surface area contributed by atoms with Crippen LogP contribution in [0.15, 0.2) is 42.6 Å². The van der Waals surface area contributed by atoms with Gasteiger partial charge in [0.2, 0.25) is 5.82 Å². The van der Waals surface area contributed by atoms with Gasteiger partial charge >= 0.3 is 0 Å². The molecule has 0 saturated carbocycles. The molecule has 0 atom stereocenters. The van der Waals surface area contributed by atoms with Crippen molar-refractivity contribution < 1.29 is 4.79 Å². The molecule has 0 spiro atoms. The first-order valence-electron chi connectivity index (χ1n) is 6.63. The number of carbonyl (C=O) groups is 1. The first kappa shape index (κ1) is 13.2. The Hall–Kier alpha value is -2.76. The van der Waals surface area contributed by atoms with E-state index in [4.69, 9.17) is 0 Å². The van der Waals surface area contributed by atoms with Crippen LogP contribution < -0.4 is 0 Å². The maximum Gasteiger partial charge on any atom is 0.293 e. The van der Waals surface area contributed by atoms with E-state index in [0.717, 1.165) is 11.3 Å². The van der Waals surface area contributed by atoms with Crippen molar-refractivity contribution in [1.82, 2.24) is 24.5 Å². The van der Waals surface area contributed by atoms with Crippen molar-refractivity contribution in [1.29, 1.82) is 0 Å². The van der Waals surface area contributed by atoms with Gasteiger partial charge in [-0.2, -0.15) is 4.98 Å². The van der Waals surface area contributed by atoms with Crippen LogP contribution in [0, 0.1) is 6.92 Å². The van der Waals surface area contributed by atoms with E-state index < -0.39 is 0 Å². The van der Waals surface area contributed by atoms with Gasteiger partial charge in [0.05, 0.1) is 0 Å². The molecule has 0 radical (unpaired) electrons. The van der Waals surface area contributed by atoms with Gasteiger partial charge in [-0.25, -0.2) is 9.50 Å². The lowest BCUT2D eigenvalue weighted by Crippen LogP contribution is -2.27. The Morgan fingerprint density at radius 2 is 2.00 bits per heavy atom. The summed E-state index contributed by atoms with van der Waals surface area (Å²) in [6, 6.07) is 11.6. The van der Waals surface area contributed by atoms with Gasteiger partial charge in [-0.1, -0.05) is 30.3 Å². The molecule has 2 heterocycles. The summed E-state index contributed by atoms with van der Waals surface area (Å²) in [6.45, 7) is 2.41. The molecule has 0 aliphatic carbocycles. The first-order valence-corrected chi connectivity index (χ1v) is 6.63. The Kier molecular flexibility index (Phi) is 3.35. The monoisotopic (exact) mass is 281 g/mol. The average Bonchev–Trinajstić information content (AvgIpc) is 2.93. The van der Waals surface area contributed by atoms with Gasteiger partial charge in [0.15, 0.2) is 0 Å². The standard InChI is InChI=1S/C15H15N5O/c1-11-8-9-16-15-17-13(18-20(11)15)14(21)19(2)10-12-6-4-3-5-7-12/h3-9H,10H2,1-2H3. The van der Waals surface area contributed by atoms with E-state index in [2.05, 4.69) is 15.1 Å².